The number of thiazole rings is 1. The lowest BCUT2D eigenvalue weighted by molar-refractivity contribution is -0.131. The van der Waals surface area contributed by atoms with Gasteiger partial charge in [0.05, 0.1) is 5.69 Å². The lowest BCUT2D eigenvalue weighted by atomic mass is 10.1. The van der Waals surface area contributed by atoms with Gasteiger partial charge in [-0.3, -0.25) is 9.59 Å². The third-order valence-corrected chi connectivity index (χ3v) is 8.86. The summed E-state index contributed by atoms with van der Waals surface area (Å²) in [6.07, 6.45) is 1.90. The minimum atomic E-state index is -4.36. The third kappa shape index (κ3) is 5.92. The second-order valence-electron chi connectivity index (χ2n) is 8.84. The number of benzene rings is 3. The van der Waals surface area contributed by atoms with E-state index in [2.05, 4.69) is 10.3 Å². The normalized spacial score (nSPS) is 14.9. The van der Waals surface area contributed by atoms with Crippen LogP contribution in [0, 0.1) is 0 Å². The van der Waals surface area contributed by atoms with Crippen molar-refractivity contribution >= 4 is 38.5 Å². The minimum absolute atomic E-state index is 0.0902. The highest BCUT2D eigenvalue weighted by molar-refractivity contribution is 7.88. The fourth-order valence-electron chi connectivity index (χ4n) is 4.21. The first-order valence-electron chi connectivity index (χ1n) is 12.4. The fourth-order valence-corrected chi connectivity index (χ4v) is 6.40. The first kappa shape index (κ1) is 26.3. The van der Waals surface area contributed by atoms with E-state index in [1.165, 1.54) is 17.5 Å². The molecule has 0 saturated carbocycles. The maximum atomic E-state index is 13.5. The molecule has 1 aliphatic heterocycles. The van der Waals surface area contributed by atoms with E-state index in [1.54, 1.807) is 0 Å². The minimum Gasteiger partial charge on any atom is -0.337 e. The molecule has 198 valence electrons. The number of hydrogen-bond donors (Lipinski definition) is 1. The van der Waals surface area contributed by atoms with Crippen LogP contribution in [-0.4, -0.2) is 46.9 Å². The molecule has 0 aliphatic carbocycles. The predicted octanol–water partition coefficient (Wildman–Crippen LogP) is 4.51. The predicted molar refractivity (Wildman–Crippen MR) is 152 cm³/mol. The van der Waals surface area contributed by atoms with Gasteiger partial charge in [0.1, 0.15) is 5.57 Å². The molecule has 1 aromatic heterocycles. The summed E-state index contributed by atoms with van der Waals surface area (Å²) in [5.41, 5.74) is 3.19. The number of carbonyl (C=O) groups is 2. The van der Waals surface area contributed by atoms with Gasteiger partial charge >= 0.3 is 10.2 Å². The van der Waals surface area contributed by atoms with Gasteiger partial charge in [0.25, 0.3) is 11.8 Å². The number of nitrogens with zero attached hydrogens (tertiary/aromatic N) is 3. The van der Waals surface area contributed by atoms with Gasteiger partial charge in [-0.05, 0) is 24.0 Å². The number of nitrogens with one attached hydrogen (secondary N) is 1. The van der Waals surface area contributed by atoms with E-state index in [0.717, 1.165) is 31.0 Å². The molecule has 0 radical (unpaired) electrons. The Hall–Kier alpha value is -4.28. The molecule has 0 bridgehead atoms. The molecule has 0 unspecified atom stereocenters. The molecule has 1 N–H and O–H groups in total. The van der Waals surface area contributed by atoms with Crippen LogP contribution in [-0.2, 0) is 32.6 Å². The van der Waals surface area contributed by atoms with Crippen LogP contribution in [0.5, 0.6) is 0 Å². The second-order valence-corrected chi connectivity index (χ2v) is 11.5. The maximum absolute atomic E-state index is 13.5. The zero-order chi connectivity index (χ0) is 27.2. The number of aromatic nitrogens is 1. The van der Waals surface area contributed by atoms with Crippen molar-refractivity contribution in [2.75, 3.05) is 18.4 Å². The summed E-state index contributed by atoms with van der Waals surface area (Å²) < 4.78 is 28.6. The summed E-state index contributed by atoms with van der Waals surface area (Å²) in [5, 5.41) is 5.28. The standard InChI is InChI=1S/C29H26N4O4S2/c34-27-25(20-30-29-31-26(21-38-29)24-14-8-3-9-15-24)28(35)33(19-17-23-12-6-2-7-13-23)39(36,37)32(27)18-16-22-10-4-1-5-11-22/h1-15,20-21H,16-19H2,(H,30,31). The SMILES string of the molecule is O=C1C(=CNc2nc(-c3ccccc3)cs2)C(=O)N(CCc2ccccc2)S(=O)(=O)N1CCc1ccccc1. The fraction of sp³-hybridized carbons (Fsp3) is 0.138. The molecule has 1 aliphatic rings. The molecule has 4 aromatic rings. The van der Waals surface area contributed by atoms with Crippen LogP contribution in [0.3, 0.4) is 0 Å². The average Bonchev–Trinajstić information content (AvgIpc) is 3.43. The molecular formula is C29H26N4O4S2. The highest BCUT2D eigenvalue weighted by Crippen LogP contribution is 2.27. The van der Waals surface area contributed by atoms with Crippen LogP contribution in [0.4, 0.5) is 5.13 Å². The van der Waals surface area contributed by atoms with Crippen molar-refractivity contribution in [3.63, 3.8) is 0 Å². The Labute approximate surface area is 231 Å². The quantitative estimate of drug-likeness (QED) is 0.240. The van der Waals surface area contributed by atoms with Gasteiger partial charge in [-0.2, -0.15) is 8.42 Å². The Kier molecular flexibility index (Phi) is 7.85. The highest BCUT2D eigenvalue weighted by Gasteiger charge is 2.46. The zero-order valence-electron chi connectivity index (χ0n) is 20.9. The Morgan fingerprint density at radius 2 is 1.23 bits per heavy atom. The molecule has 1 saturated heterocycles. The molecular weight excluding hydrogens is 532 g/mol. The molecule has 2 amide bonds. The number of hydrogen-bond acceptors (Lipinski definition) is 7. The van der Waals surface area contributed by atoms with Crippen LogP contribution in [0.25, 0.3) is 11.3 Å². The summed E-state index contributed by atoms with van der Waals surface area (Å²) >= 11 is 1.32. The molecule has 0 atom stereocenters. The maximum Gasteiger partial charge on any atom is 0.331 e. The number of anilines is 1. The van der Waals surface area contributed by atoms with Crippen molar-refractivity contribution in [1.29, 1.82) is 0 Å². The Balaban J connectivity index is 1.41. The summed E-state index contributed by atoms with van der Waals surface area (Å²) in [6, 6.07) is 28.2. The summed E-state index contributed by atoms with van der Waals surface area (Å²) in [4.78, 5) is 31.4. The molecule has 10 heteroatoms. The zero-order valence-corrected chi connectivity index (χ0v) is 22.6. The van der Waals surface area contributed by atoms with Gasteiger partial charge in [-0.15, -0.1) is 11.3 Å². The van der Waals surface area contributed by atoms with Crippen LogP contribution in [0.2, 0.25) is 0 Å². The lowest BCUT2D eigenvalue weighted by Gasteiger charge is -2.35. The monoisotopic (exact) mass is 558 g/mol. The van der Waals surface area contributed by atoms with Crippen molar-refractivity contribution in [3.05, 3.63) is 119 Å². The number of amides is 2. The van der Waals surface area contributed by atoms with E-state index < -0.39 is 22.0 Å². The summed E-state index contributed by atoms with van der Waals surface area (Å²) in [5.74, 6) is -1.72. The summed E-state index contributed by atoms with van der Waals surface area (Å²) in [6.45, 7) is -0.180. The van der Waals surface area contributed by atoms with Crippen LogP contribution in [0.15, 0.2) is 108 Å². The van der Waals surface area contributed by atoms with Gasteiger partial charge in [-0.1, -0.05) is 91.0 Å². The van der Waals surface area contributed by atoms with Crippen LogP contribution in [0.1, 0.15) is 11.1 Å². The molecule has 5 rings (SSSR count). The molecule has 8 nitrogen and oxygen atoms in total. The highest BCUT2D eigenvalue weighted by atomic mass is 32.2. The second kappa shape index (κ2) is 11.6. The topological polar surface area (TPSA) is 99.7 Å². The first-order chi connectivity index (χ1) is 18.9. The van der Waals surface area contributed by atoms with Crippen molar-refractivity contribution in [2.24, 2.45) is 0 Å². The summed E-state index contributed by atoms with van der Waals surface area (Å²) in [7, 11) is -4.36. The molecule has 2 heterocycles. The Morgan fingerprint density at radius 3 is 1.74 bits per heavy atom. The average molecular weight is 559 g/mol. The van der Waals surface area contributed by atoms with E-state index in [4.69, 9.17) is 0 Å². The van der Waals surface area contributed by atoms with Gasteiger partial charge in [0, 0.05) is 30.2 Å². The lowest BCUT2D eigenvalue weighted by Crippen LogP contribution is -2.57. The van der Waals surface area contributed by atoms with E-state index in [9.17, 15) is 18.0 Å². The van der Waals surface area contributed by atoms with Gasteiger partial charge in [0.2, 0.25) is 0 Å². The third-order valence-electron chi connectivity index (χ3n) is 6.28. The number of rotatable bonds is 9. The van der Waals surface area contributed by atoms with Gasteiger partial charge in [-0.25, -0.2) is 13.6 Å². The Morgan fingerprint density at radius 1 is 0.744 bits per heavy atom. The molecule has 3 aromatic carbocycles. The van der Waals surface area contributed by atoms with Crippen molar-refractivity contribution in [1.82, 2.24) is 13.6 Å². The van der Waals surface area contributed by atoms with E-state index in [-0.39, 0.29) is 18.7 Å². The smallest absolute Gasteiger partial charge is 0.331 e. The van der Waals surface area contributed by atoms with E-state index in [1.807, 2.05) is 96.4 Å². The van der Waals surface area contributed by atoms with Crippen molar-refractivity contribution < 1.29 is 18.0 Å². The van der Waals surface area contributed by atoms with E-state index in [0.29, 0.717) is 18.0 Å². The molecule has 39 heavy (non-hydrogen) atoms. The first-order valence-corrected chi connectivity index (χ1v) is 14.7. The van der Waals surface area contributed by atoms with Crippen LogP contribution >= 0.6 is 11.3 Å². The Bertz CT molecular complexity index is 1520. The largest absolute Gasteiger partial charge is 0.337 e. The van der Waals surface area contributed by atoms with Crippen molar-refractivity contribution in [3.8, 4) is 11.3 Å². The van der Waals surface area contributed by atoms with Gasteiger partial charge in [0.15, 0.2) is 5.13 Å². The number of carbonyl (C=O) groups excluding carboxylic acids is 2. The van der Waals surface area contributed by atoms with Crippen LogP contribution < -0.4 is 5.32 Å². The van der Waals surface area contributed by atoms with Crippen molar-refractivity contribution in [2.45, 2.75) is 12.8 Å². The molecule has 0 spiro atoms. The molecule has 1 fully saturated rings. The van der Waals surface area contributed by atoms with Gasteiger partial charge < -0.3 is 5.32 Å². The van der Waals surface area contributed by atoms with E-state index >= 15 is 0 Å².